The number of nitrogens with one attached hydrogen (secondary N) is 1. The zero-order valence-corrected chi connectivity index (χ0v) is 22.6. The van der Waals surface area contributed by atoms with Gasteiger partial charge in [0.2, 0.25) is 10.0 Å². The molecule has 0 aromatic heterocycles. The van der Waals surface area contributed by atoms with E-state index in [0.717, 1.165) is 38.8 Å². The Balaban J connectivity index is 2.01. The molecule has 0 fully saturated rings. The Morgan fingerprint density at radius 3 is 2.24 bits per heavy atom. The molecule has 0 heterocycles. The first kappa shape index (κ1) is 29.0. The predicted octanol–water partition coefficient (Wildman–Crippen LogP) is 7.01. The Morgan fingerprint density at radius 1 is 1.00 bits per heavy atom. The molecule has 7 nitrogen and oxygen atoms in total. The maximum Gasteiger partial charge on any atom is 0.461 e. The third-order valence-electron chi connectivity index (χ3n) is 5.16. The number of nitrogens with zero attached hydrogens (tertiary/aromatic N) is 1. The van der Waals surface area contributed by atoms with E-state index in [1.807, 2.05) is 0 Å². The van der Waals surface area contributed by atoms with E-state index in [4.69, 9.17) is 0 Å². The van der Waals surface area contributed by atoms with Crippen molar-refractivity contribution in [1.29, 1.82) is 0 Å². The van der Waals surface area contributed by atoms with Crippen molar-refractivity contribution in [2.24, 2.45) is 0 Å². The van der Waals surface area contributed by atoms with E-state index in [1.54, 1.807) is 18.2 Å². The van der Waals surface area contributed by atoms with Crippen LogP contribution in [0.3, 0.4) is 0 Å². The fourth-order valence-electron chi connectivity index (χ4n) is 3.44. The third kappa shape index (κ3) is 7.27. The van der Waals surface area contributed by atoms with Crippen molar-refractivity contribution >= 4 is 47.6 Å². The highest BCUT2D eigenvalue weighted by Gasteiger charge is 2.44. The number of para-hydroxylation sites is 1. The maximum absolute atomic E-state index is 13.5. The zero-order valence-electron chi connectivity index (χ0n) is 18.6. The summed E-state index contributed by atoms with van der Waals surface area (Å²) in [5.74, 6) is -0.611. The average Bonchev–Trinajstić information content (AvgIpc) is 2.82. The molecular formula is C23H18Br2F4N2O5S. The molecule has 0 bridgehead atoms. The monoisotopic (exact) mass is 668 g/mol. The van der Waals surface area contributed by atoms with Crippen molar-refractivity contribution in [3.63, 3.8) is 0 Å². The Kier molecular flexibility index (Phi) is 9.32. The smallest absolute Gasteiger partial charge is 0.428 e. The second kappa shape index (κ2) is 11.9. The lowest BCUT2D eigenvalue weighted by atomic mass is 9.99. The summed E-state index contributed by atoms with van der Waals surface area (Å²) >= 11 is 6.83. The molecule has 0 aliphatic carbocycles. The number of nitro groups is 1. The lowest BCUT2D eigenvalue weighted by Crippen LogP contribution is -2.33. The van der Waals surface area contributed by atoms with Gasteiger partial charge in [0, 0.05) is 21.1 Å². The summed E-state index contributed by atoms with van der Waals surface area (Å²) in [5, 5.41) is 11.4. The van der Waals surface area contributed by atoms with Crippen LogP contribution in [0.15, 0.2) is 80.6 Å². The minimum Gasteiger partial charge on any atom is -0.428 e. The van der Waals surface area contributed by atoms with E-state index >= 15 is 0 Å². The second-order valence-electron chi connectivity index (χ2n) is 7.67. The minimum atomic E-state index is -4.77. The molecule has 1 N–H and O–H groups in total. The minimum absolute atomic E-state index is 0.0652. The average molecular weight is 670 g/mol. The summed E-state index contributed by atoms with van der Waals surface area (Å²) < 4.78 is 86.6. The highest BCUT2D eigenvalue weighted by atomic mass is 79.9. The molecule has 0 spiro atoms. The largest absolute Gasteiger partial charge is 0.461 e. The number of hydrogen-bond acceptors (Lipinski definition) is 5. The van der Waals surface area contributed by atoms with Gasteiger partial charge in [0.1, 0.15) is 5.75 Å². The van der Waals surface area contributed by atoms with Crippen molar-refractivity contribution in [2.75, 3.05) is 0 Å². The van der Waals surface area contributed by atoms with Gasteiger partial charge >= 0.3 is 12.5 Å². The fraction of sp³-hybridized carbons (Fsp3) is 0.217. The van der Waals surface area contributed by atoms with Crippen LogP contribution in [0.1, 0.15) is 23.6 Å². The number of alkyl halides is 4. The van der Waals surface area contributed by atoms with E-state index < -0.39 is 49.9 Å². The summed E-state index contributed by atoms with van der Waals surface area (Å²) in [6.45, 7) is 0. The number of rotatable bonds is 11. The second-order valence-corrected chi connectivity index (χ2v) is 11.1. The first-order valence-corrected chi connectivity index (χ1v) is 13.5. The van der Waals surface area contributed by atoms with Crippen LogP contribution in [-0.2, 0) is 16.4 Å². The van der Waals surface area contributed by atoms with Crippen molar-refractivity contribution in [3.8, 4) is 5.75 Å². The van der Waals surface area contributed by atoms with E-state index in [1.165, 1.54) is 24.3 Å². The number of benzene rings is 3. The van der Waals surface area contributed by atoms with Gasteiger partial charge in [-0.1, -0.05) is 62.2 Å². The topological polar surface area (TPSA) is 98.5 Å². The van der Waals surface area contributed by atoms with Crippen LogP contribution < -0.4 is 9.46 Å². The molecule has 3 aromatic rings. The highest BCUT2D eigenvalue weighted by Crippen LogP contribution is 2.33. The molecule has 37 heavy (non-hydrogen) atoms. The van der Waals surface area contributed by atoms with Crippen LogP contribution in [0.2, 0.25) is 0 Å². The number of nitro benzene ring substituents is 1. The number of sulfonamides is 1. The van der Waals surface area contributed by atoms with E-state index in [0.29, 0.717) is 0 Å². The van der Waals surface area contributed by atoms with Gasteiger partial charge < -0.3 is 4.74 Å². The van der Waals surface area contributed by atoms with Gasteiger partial charge in [-0.05, 0) is 54.3 Å². The normalized spacial score (nSPS) is 12.9. The molecule has 0 radical (unpaired) electrons. The molecule has 3 aromatic carbocycles. The van der Waals surface area contributed by atoms with Gasteiger partial charge in [0.25, 0.3) is 5.69 Å². The van der Waals surface area contributed by atoms with E-state index in [2.05, 4.69) is 41.3 Å². The first-order valence-electron chi connectivity index (χ1n) is 10.5. The van der Waals surface area contributed by atoms with Gasteiger partial charge in [0.15, 0.2) is 4.90 Å². The Labute approximate surface area is 226 Å². The lowest BCUT2D eigenvalue weighted by molar-refractivity contribution is -0.387. The van der Waals surface area contributed by atoms with Gasteiger partial charge in [-0.3, -0.25) is 10.1 Å². The van der Waals surface area contributed by atoms with E-state index in [9.17, 15) is 36.1 Å². The molecule has 0 unspecified atom stereocenters. The molecule has 198 valence electrons. The SMILES string of the molecule is O=[N+]([O-])c1ccccc1S(=O)(=O)N[C@@H](CCc1c(Br)cccc1Br)c1cccc(OC(F)(F)C(F)F)c1. The Morgan fingerprint density at radius 2 is 1.62 bits per heavy atom. The van der Waals surface area contributed by atoms with Crippen LogP contribution in [0.4, 0.5) is 23.2 Å². The van der Waals surface area contributed by atoms with Gasteiger partial charge in [0.05, 0.1) is 4.92 Å². The van der Waals surface area contributed by atoms with Crippen molar-refractivity contribution < 1.29 is 35.6 Å². The van der Waals surface area contributed by atoms with Crippen LogP contribution >= 0.6 is 31.9 Å². The number of hydrogen-bond donors (Lipinski definition) is 1. The standard InChI is InChI=1S/C23H18Br2F4N2O5S/c24-17-7-4-8-18(25)16(17)11-12-19(14-5-3-6-15(13-14)36-23(28,29)22(26)27)30-37(34,35)21-10-2-1-9-20(21)31(32)33/h1-10,13,19,22,30H,11-12H2/t19-/m0/s1. The summed E-state index contributed by atoms with van der Waals surface area (Å²) in [4.78, 5) is 9.96. The van der Waals surface area contributed by atoms with Crippen LogP contribution in [0, 0.1) is 10.1 Å². The number of halogens is 6. The first-order chi connectivity index (χ1) is 17.3. The van der Waals surface area contributed by atoms with Gasteiger partial charge in [-0.25, -0.2) is 13.1 Å². The summed E-state index contributed by atoms with van der Waals surface area (Å²) in [7, 11) is -4.49. The van der Waals surface area contributed by atoms with Gasteiger partial charge in [-0.15, -0.1) is 0 Å². The number of ether oxygens (including phenoxy) is 1. The molecule has 0 saturated carbocycles. The molecule has 1 atom stereocenters. The van der Waals surface area contributed by atoms with Crippen molar-refractivity contribution in [2.45, 2.75) is 36.3 Å². The third-order valence-corrected chi connectivity index (χ3v) is 8.17. The summed E-state index contributed by atoms with van der Waals surface area (Å²) in [6.07, 6.45) is -8.52. The Hall–Kier alpha value is -2.55. The summed E-state index contributed by atoms with van der Waals surface area (Å²) in [6, 6.07) is 13.6. The van der Waals surface area contributed by atoms with Crippen molar-refractivity contribution in [1.82, 2.24) is 4.72 Å². The molecular weight excluding hydrogens is 652 g/mol. The van der Waals surface area contributed by atoms with Crippen molar-refractivity contribution in [3.05, 3.63) is 96.9 Å². The molecule has 0 saturated heterocycles. The lowest BCUT2D eigenvalue weighted by Gasteiger charge is -2.22. The van der Waals surface area contributed by atoms with E-state index in [-0.39, 0.29) is 18.4 Å². The zero-order chi connectivity index (χ0) is 27.4. The molecule has 0 amide bonds. The predicted molar refractivity (Wildman–Crippen MR) is 134 cm³/mol. The molecule has 3 rings (SSSR count). The molecule has 0 aliphatic heterocycles. The Bertz CT molecular complexity index is 1370. The maximum atomic E-state index is 13.5. The van der Waals surface area contributed by atoms with Crippen LogP contribution in [0.5, 0.6) is 5.75 Å². The molecule has 14 heteroatoms. The van der Waals surface area contributed by atoms with Crippen LogP contribution in [0.25, 0.3) is 0 Å². The highest BCUT2D eigenvalue weighted by molar-refractivity contribution is 9.11. The van der Waals surface area contributed by atoms with Gasteiger partial charge in [-0.2, -0.15) is 17.6 Å². The van der Waals surface area contributed by atoms with Crippen LogP contribution in [-0.4, -0.2) is 25.9 Å². The molecule has 0 aliphatic rings. The summed E-state index contributed by atoms with van der Waals surface area (Å²) in [5.41, 5.74) is 0.234. The fourth-order valence-corrected chi connectivity index (χ4v) is 6.26. The quantitative estimate of drug-likeness (QED) is 0.135.